The molecule has 0 bridgehead atoms. The minimum absolute atomic E-state index is 0.107. The van der Waals surface area contributed by atoms with Crippen LogP contribution in [0.5, 0.6) is 11.5 Å². The molecular weight excluding hydrogens is 452 g/mol. The molecule has 1 fully saturated rings. The molecule has 3 aromatic rings. The van der Waals surface area contributed by atoms with E-state index in [9.17, 15) is 9.59 Å². The van der Waals surface area contributed by atoms with Gasteiger partial charge in [-0.2, -0.15) is 0 Å². The van der Waals surface area contributed by atoms with Crippen LogP contribution in [0.25, 0.3) is 0 Å². The van der Waals surface area contributed by atoms with Crippen molar-refractivity contribution in [1.29, 1.82) is 0 Å². The molecule has 0 unspecified atom stereocenters. The molecule has 0 radical (unpaired) electrons. The third-order valence-electron chi connectivity index (χ3n) is 6.16. The summed E-state index contributed by atoms with van der Waals surface area (Å²) >= 11 is 6.02. The van der Waals surface area contributed by atoms with E-state index in [1.807, 2.05) is 30.3 Å². The molecule has 34 heavy (non-hydrogen) atoms. The highest BCUT2D eigenvalue weighted by atomic mass is 35.5. The van der Waals surface area contributed by atoms with Crippen molar-refractivity contribution in [2.45, 2.75) is 18.9 Å². The van der Waals surface area contributed by atoms with Crippen molar-refractivity contribution in [2.24, 2.45) is 5.92 Å². The number of ether oxygens (including phenoxy) is 2. The summed E-state index contributed by atoms with van der Waals surface area (Å²) in [5.41, 5.74) is 2.16. The third-order valence-corrected chi connectivity index (χ3v) is 6.41. The van der Waals surface area contributed by atoms with Gasteiger partial charge in [0, 0.05) is 23.2 Å². The number of carbonyl (C=O) groups excluding carboxylic acids is 2. The van der Waals surface area contributed by atoms with Crippen molar-refractivity contribution in [2.75, 3.05) is 26.1 Å². The fraction of sp³-hybridized carbons (Fsp3) is 0.259. The molecule has 4 rings (SSSR count). The number of benzene rings is 3. The zero-order chi connectivity index (χ0) is 24.1. The molecule has 0 spiro atoms. The van der Waals surface area contributed by atoms with Crippen LogP contribution >= 0.6 is 11.6 Å². The van der Waals surface area contributed by atoms with Gasteiger partial charge >= 0.3 is 0 Å². The van der Waals surface area contributed by atoms with Gasteiger partial charge in [0.2, 0.25) is 5.91 Å². The number of nitrogens with one attached hydrogen (secondary N) is 1. The monoisotopic (exact) mass is 478 g/mol. The number of likely N-dealkylation sites (tertiary alicyclic amines) is 1. The molecule has 0 saturated carbocycles. The van der Waals surface area contributed by atoms with Crippen LogP contribution in [0.4, 0.5) is 5.69 Å². The van der Waals surface area contributed by atoms with Crippen molar-refractivity contribution in [3.8, 4) is 11.5 Å². The van der Waals surface area contributed by atoms with Crippen LogP contribution in [0.15, 0.2) is 72.8 Å². The number of hydrogen-bond acceptors (Lipinski definition) is 4. The summed E-state index contributed by atoms with van der Waals surface area (Å²) in [6.07, 6.45) is 1.34. The van der Waals surface area contributed by atoms with Crippen molar-refractivity contribution in [3.63, 3.8) is 0 Å². The molecule has 1 heterocycles. The lowest BCUT2D eigenvalue weighted by Gasteiger charge is -2.39. The van der Waals surface area contributed by atoms with Crippen molar-refractivity contribution in [3.05, 3.63) is 88.9 Å². The second-order valence-electron chi connectivity index (χ2n) is 8.22. The maximum Gasteiger partial charge on any atom is 0.254 e. The SMILES string of the molecule is COc1ccc(NC(=O)[C@H]2CC[C@@H](c3ccccc3)N(C(=O)c3ccc(Cl)cc3)C2)c(OC)c1. The molecular formula is C27H27ClN2O4. The lowest BCUT2D eigenvalue weighted by Crippen LogP contribution is -2.45. The normalized spacial score (nSPS) is 17.7. The van der Waals surface area contributed by atoms with E-state index in [1.54, 1.807) is 61.6 Å². The Morgan fingerprint density at radius 1 is 0.941 bits per heavy atom. The summed E-state index contributed by atoms with van der Waals surface area (Å²) in [5.74, 6) is 0.523. The minimum atomic E-state index is -0.358. The topological polar surface area (TPSA) is 67.9 Å². The van der Waals surface area contributed by atoms with E-state index in [1.165, 1.54) is 0 Å². The highest BCUT2D eigenvalue weighted by Crippen LogP contribution is 2.36. The number of nitrogens with zero attached hydrogens (tertiary/aromatic N) is 1. The summed E-state index contributed by atoms with van der Waals surface area (Å²) in [6.45, 7) is 0.311. The molecule has 1 aliphatic rings. The first kappa shape index (κ1) is 23.6. The standard InChI is InChI=1S/C27H27ClN2O4/c1-33-22-13-14-23(25(16-22)34-2)29-26(31)20-10-15-24(18-6-4-3-5-7-18)30(17-20)27(32)19-8-11-21(28)12-9-19/h3-9,11-14,16,20,24H,10,15,17H2,1-2H3,(H,29,31)/t20-,24-/m0/s1. The first-order valence-electron chi connectivity index (χ1n) is 11.1. The smallest absolute Gasteiger partial charge is 0.254 e. The Morgan fingerprint density at radius 2 is 1.68 bits per heavy atom. The summed E-state index contributed by atoms with van der Waals surface area (Å²) in [6, 6.07) is 21.9. The van der Waals surface area contributed by atoms with Crippen molar-refractivity contribution >= 4 is 29.1 Å². The number of halogens is 1. The maximum absolute atomic E-state index is 13.5. The average Bonchev–Trinajstić information content (AvgIpc) is 2.89. The zero-order valence-electron chi connectivity index (χ0n) is 19.2. The third kappa shape index (κ3) is 5.18. The Labute approximate surface area is 204 Å². The van der Waals surface area contributed by atoms with Crippen LogP contribution in [0.3, 0.4) is 0 Å². The Kier molecular flexibility index (Phi) is 7.38. The quantitative estimate of drug-likeness (QED) is 0.501. The first-order chi connectivity index (χ1) is 16.5. The molecule has 0 aliphatic carbocycles. The predicted octanol–water partition coefficient (Wildman–Crippen LogP) is 5.59. The van der Waals surface area contributed by atoms with E-state index in [4.69, 9.17) is 21.1 Å². The summed E-state index contributed by atoms with van der Waals surface area (Å²) in [4.78, 5) is 28.5. The molecule has 6 nitrogen and oxygen atoms in total. The van der Waals surface area contributed by atoms with Gasteiger partial charge in [-0.3, -0.25) is 9.59 Å². The fourth-order valence-corrected chi connectivity index (χ4v) is 4.45. The second-order valence-corrected chi connectivity index (χ2v) is 8.66. The molecule has 2 atom stereocenters. The van der Waals surface area contributed by atoms with Gasteiger partial charge in [-0.05, 0) is 54.8 Å². The van der Waals surface area contributed by atoms with Crippen molar-refractivity contribution in [1.82, 2.24) is 4.90 Å². The first-order valence-corrected chi connectivity index (χ1v) is 11.5. The Morgan fingerprint density at radius 3 is 2.35 bits per heavy atom. The minimum Gasteiger partial charge on any atom is -0.497 e. The highest BCUT2D eigenvalue weighted by Gasteiger charge is 2.36. The molecule has 2 amide bonds. The van der Waals surface area contributed by atoms with Crippen LogP contribution in [-0.2, 0) is 4.79 Å². The maximum atomic E-state index is 13.5. The van der Waals surface area contributed by atoms with Gasteiger partial charge in [-0.25, -0.2) is 0 Å². The average molecular weight is 479 g/mol. The van der Waals surface area contributed by atoms with E-state index in [0.717, 1.165) is 5.56 Å². The number of amides is 2. The summed E-state index contributed by atoms with van der Waals surface area (Å²) < 4.78 is 10.6. The Hall–Kier alpha value is -3.51. The predicted molar refractivity (Wildman–Crippen MR) is 133 cm³/mol. The van der Waals surface area contributed by atoms with E-state index >= 15 is 0 Å². The van der Waals surface area contributed by atoms with E-state index in [0.29, 0.717) is 47.2 Å². The Bertz CT molecular complexity index is 1150. The molecule has 3 aromatic carbocycles. The van der Waals surface area contributed by atoms with E-state index in [2.05, 4.69) is 5.32 Å². The van der Waals surface area contributed by atoms with Crippen LogP contribution in [-0.4, -0.2) is 37.5 Å². The van der Waals surface area contributed by atoms with Gasteiger partial charge in [-0.1, -0.05) is 41.9 Å². The van der Waals surface area contributed by atoms with Gasteiger partial charge in [0.1, 0.15) is 11.5 Å². The number of carbonyl (C=O) groups is 2. The number of methoxy groups -OCH3 is 2. The van der Waals surface area contributed by atoms with Gasteiger partial charge in [0.25, 0.3) is 5.91 Å². The Balaban J connectivity index is 1.57. The largest absolute Gasteiger partial charge is 0.497 e. The van der Waals surface area contributed by atoms with Gasteiger partial charge < -0.3 is 19.7 Å². The van der Waals surface area contributed by atoms with Gasteiger partial charge in [0.15, 0.2) is 0 Å². The molecule has 1 aliphatic heterocycles. The fourth-order valence-electron chi connectivity index (χ4n) is 4.33. The number of anilines is 1. The highest BCUT2D eigenvalue weighted by molar-refractivity contribution is 6.30. The number of rotatable bonds is 6. The van der Waals surface area contributed by atoms with Crippen LogP contribution < -0.4 is 14.8 Å². The lowest BCUT2D eigenvalue weighted by atomic mass is 9.87. The van der Waals surface area contributed by atoms with E-state index < -0.39 is 0 Å². The number of piperidine rings is 1. The van der Waals surface area contributed by atoms with E-state index in [-0.39, 0.29) is 23.8 Å². The van der Waals surface area contributed by atoms with Crippen LogP contribution in [0.2, 0.25) is 5.02 Å². The summed E-state index contributed by atoms with van der Waals surface area (Å²) in [5, 5.41) is 3.54. The van der Waals surface area contributed by atoms with Gasteiger partial charge in [-0.15, -0.1) is 0 Å². The lowest BCUT2D eigenvalue weighted by molar-refractivity contribution is -0.121. The molecule has 1 N–H and O–H groups in total. The molecule has 176 valence electrons. The van der Waals surface area contributed by atoms with Crippen LogP contribution in [0.1, 0.15) is 34.8 Å². The van der Waals surface area contributed by atoms with Gasteiger partial charge in [0.05, 0.1) is 31.9 Å². The molecule has 0 aromatic heterocycles. The molecule has 1 saturated heterocycles. The summed E-state index contributed by atoms with van der Waals surface area (Å²) in [7, 11) is 3.12. The second kappa shape index (κ2) is 10.6. The van der Waals surface area contributed by atoms with Crippen LogP contribution in [0, 0.1) is 5.92 Å². The number of hydrogen-bond donors (Lipinski definition) is 1. The zero-order valence-corrected chi connectivity index (χ0v) is 19.9. The molecule has 7 heteroatoms. The van der Waals surface area contributed by atoms with Crippen molar-refractivity contribution < 1.29 is 19.1 Å².